The molecule has 0 amide bonds. The van der Waals surface area contributed by atoms with Crippen LogP contribution >= 0.6 is 0 Å². The van der Waals surface area contributed by atoms with Crippen LogP contribution in [0.25, 0.3) is 0 Å². The van der Waals surface area contributed by atoms with Crippen molar-refractivity contribution in [2.75, 3.05) is 33.2 Å². The van der Waals surface area contributed by atoms with Gasteiger partial charge < -0.3 is 9.69 Å². The molecule has 0 unspecified atom stereocenters. The van der Waals surface area contributed by atoms with Gasteiger partial charge in [0.15, 0.2) is 0 Å². The van der Waals surface area contributed by atoms with Crippen LogP contribution in [-0.2, 0) is 11.3 Å². The van der Waals surface area contributed by atoms with Crippen molar-refractivity contribution < 1.29 is 4.79 Å². The number of likely N-dealkylation sites (N-methyl/N-ethyl adjacent to an activating group) is 1. The predicted octanol–water partition coefficient (Wildman–Crippen LogP) is 1.42. The van der Waals surface area contributed by atoms with E-state index in [9.17, 15) is 4.79 Å². The molecule has 0 N–H and O–H groups in total. The van der Waals surface area contributed by atoms with Gasteiger partial charge in [0.1, 0.15) is 6.29 Å². The van der Waals surface area contributed by atoms with E-state index in [0.29, 0.717) is 6.42 Å². The fraction of sp³-hybridized carbons (Fsp3) is 0.571. The molecule has 0 aliphatic carbocycles. The van der Waals surface area contributed by atoms with Crippen molar-refractivity contribution in [3.63, 3.8) is 0 Å². The predicted molar refractivity (Wildman–Crippen MR) is 73.4 cm³/mol. The van der Waals surface area contributed by atoms with Gasteiger partial charge in [-0.3, -0.25) is 9.88 Å². The minimum Gasteiger partial charge on any atom is -0.304 e. The molecule has 0 atom stereocenters. The first-order chi connectivity index (χ1) is 8.76. The molecule has 0 aromatic carbocycles. The van der Waals surface area contributed by atoms with Gasteiger partial charge in [-0.05, 0) is 19.2 Å². The standard InChI is InChI=1S/C11H17N3.C3H6O/c1-13-6-8-14(9-7-13)10-11-4-2-3-5-12-11;1-2-3-4/h2-5H,6-10H2,1H3;3H,2H2,1H3. The normalized spacial score (nSPS) is 16.8. The lowest BCUT2D eigenvalue weighted by Crippen LogP contribution is -2.43. The molecule has 1 aromatic heterocycles. The monoisotopic (exact) mass is 249 g/mol. The number of piperazine rings is 1. The number of carbonyl (C=O) groups excluding carboxylic acids is 1. The molecule has 1 aliphatic rings. The molecule has 4 nitrogen and oxygen atoms in total. The lowest BCUT2D eigenvalue weighted by Gasteiger charge is -2.31. The number of hydrogen-bond donors (Lipinski definition) is 0. The van der Waals surface area contributed by atoms with Crippen LogP contribution in [0, 0.1) is 0 Å². The van der Waals surface area contributed by atoms with E-state index in [4.69, 9.17) is 0 Å². The SMILES string of the molecule is CCC=O.CN1CCN(Cc2ccccn2)CC1. The minimum absolute atomic E-state index is 0.639. The van der Waals surface area contributed by atoms with Crippen molar-refractivity contribution in [3.05, 3.63) is 30.1 Å². The third kappa shape index (κ3) is 5.89. The summed E-state index contributed by atoms with van der Waals surface area (Å²) in [5, 5.41) is 0. The highest BCUT2D eigenvalue weighted by atomic mass is 16.1. The summed E-state index contributed by atoms with van der Waals surface area (Å²) in [6.45, 7) is 7.47. The van der Waals surface area contributed by atoms with Gasteiger partial charge in [0.05, 0.1) is 5.69 Å². The smallest absolute Gasteiger partial charge is 0.119 e. The molecule has 0 bridgehead atoms. The summed E-state index contributed by atoms with van der Waals surface area (Å²) in [5.41, 5.74) is 1.18. The lowest BCUT2D eigenvalue weighted by molar-refractivity contribution is -0.107. The molecule has 1 aromatic rings. The largest absolute Gasteiger partial charge is 0.304 e. The first-order valence-electron chi connectivity index (χ1n) is 6.50. The zero-order chi connectivity index (χ0) is 13.2. The summed E-state index contributed by atoms with van der Waals surface area (Å²) in [6.07, 6.45) is 3.38. The quantitative estimate of drug-likeness (QED) is 0.759. The molecule has 18 heavy (non-hydrogen) atoms. The fourth-order valence-electron chi connectivity index (χ4n) is 1.73. The molecule has 0 spiro atoms. The molecule has 0 radical (unpaired) electrons. The first kappa shape index (κ1) is 14.8. The lowest BCUT2D eigenvalue weighted by atomic mass is 10.3. The van der Waals surface area contributed by atoms with Gasteiger partial charge >= 0.3 is 0 Å². The van der Waals surface area contributed by atoms with Gasteiger partial charge in [0.2, 0.25) is 0 Å². The second-order valence-corrected chi connectivity index (χ2v) is 4.48. The molecule has 100 valence electrons. The van der Waals surface area contributed by atoms with Gasteiger partial charge in [0, 0.05) is 45.3 Å². The summed E-state index contributed by atoms with van der Waals surface area (Å²) >= 11 is 0. The van der Waals surface area contributed by atoms with Crippen LogP contribution in [-0.4, -0.2) is 54.3 Å². The Labute approximate surface area is 110 Å². The van der Waals surface area contributed by atoms with Gasteiger partial charge in [-0.15, -0.1) is 0 Å². The molecular weight excluding hydrogens is 226 g/mol. The Morgan fingerprint density at radius 2 is 1.94 bits per heavy atom. The number of nitrogens with zero attached hydrogens (tertiary/aromatic N) is 3. The van der Waals surface area contributed by atoms with Crippen LogP contribution in [0.5, 0.6) is 0 Å². The van der Waals surface area contributed by atoms with Gasteiger partial charge in [-0.25, -0.2) is 0 Å². The third-order valence-corrected chi connectivity index (χ3v) is 2.87. The molecule has 2 heterocycles. The number of pyridine rings is 1. The van der Waals surface area contributed by atoms with Crippen LogP contribution in [0.2, 0.25) is 0 Å². The summed E-state index contributed by atoms with van der Waals surface area (Å²) in [5.74, 6) is 0. The van der Waals surface area contributed by atoms with Gasteiger partial charge in [-0.2, -0.15) is 0 Å². The average Bonchev–Trinajstić information content (AvgIpc) is 2.43. The Morgan fingerprint density at radius 1 is 1.28 bits per heavy atom. The van der Waals surface area contributed by atoms with Crippen molar-refractivity contribution in [3.8, 4) is 0 Å². The van der Waals surface area contributed by atoms with Crippen molar-refractivity contribution in [2.45, 2.75) is 19.9 Å². The van der Waals surface area contributed by atoms with E-state index in [1.54, 1.807) is 0 Å². The van der Waals surface area contributed by atoms with Crippen molar-refractivity contribution in [2.24, 2.45) is 0 Å². The highest BCUT2D eigenvalue weighted by Gasteiger charge is 2.13. The minimum atomic E-state index is 0.639. The Hall–Kier alpha value is -1.26. The summed E-state index contributed by atoms with van der Waals surface area (Å²) in [4.78, 5) is 18.3. The van der Waals surface area contributed by atoms with E-state index in [1.165, 1.54) is 18.8 Å². The van der Waals surface area contributed by atoms with E-state index in [0.717, 1.165) is 25.9 Å². The van der Waals surface area contributed by atoms with Gasteiger partial charge in [-0.1, -0.05) is 13.0 Å². The Balaban J connectivity index is 0.000000357. The molecular formula is C14H23N3O. The van der Waals surface area contributed by atoms with Crippen molar-refractivity contribution in [1.82, 2.24) is 14.8 Å². The highest BCUT2D eigenvalue weighted by molar-refractivity contribution is 5.48. The second-order valence-electron chi connectivity index (χ2n) is 4.48. The summed E-state index contributed by atoms with van der Waals surface area (Å²) < 4.78 is 0. The van der Waals surface area contributed by atoms with Gasteiger partial charge in [0.25, 0.3) is 0 Å². The van der Waals surface area contributed by atoms with Crippen LogP contribution < -0.4 is 0 Å². The summed E-state index contributed by atoms with van der Waals surface area (Å²) in [6, 6.07) is 6.12. The number of rotatable bonds is 3. The van der Waals surface area contributed by atoms with E-state index in [1.807, 2.05) is 19.2 Å². The van der Waals surface area contributed by atoms with Crippen LogP contribution in [0.1, 0.15) is 19.0 Å². The van der Waals surface area contributed by atoms with Crippen LogP contribution in [0.3, 0.4) is 0 Å². The highest BCUT2D eigenvalue weighted by Crippen LogP contribution is 2.04. The third-order valence-electron chi connectivity index (χ3n) is 2.87. The van der Waals surface area contributed by atoms with E-state index in [2.05, 4.69) is 34.0 Å². The molecule has 4 heteroatoms. The number of aromatic nitrogens is 1. The molecule has 1 aliphatic heterocycles. The van der Waals surface area contributed by atoms with Crippen molar-refractivity contribution >= 4 is 6.29 Å². The number of aldehydes is 1. The first-order valence-corrected chi connectivity index (χ1v) is 6.50. The topological polar surface area (TPSA) is 36.4 Å². The summed E-state index contributed by atoms with van der Waals surface area (Å²) in [7, 11) is 2.18. The van der Waals surface area contributed by atoms with Crippen molar-refractivity contribution in [1.29, 1.82) is 0 Å². The zero-order valence-electron chi connectivity index (χ0n) is 11.4. The van der Waals surface area contributed by atoms with Crippen LogP contribution in [0.4, 0.5) is 0 Å². The Kier molecular flexibility index (Phi) is 7.22. The maximum Gasteiger partial charge on any atom is 0.119 e. The second kappa shape index (κ2) is 8.78. The average molecular weight is 249 g/mol. The molecule has 1 saturated heterocycles. The van der Waals surface area contributed by atoms with E-state index >= 15 is 0 Å². The maximum atomic E-state index is 9.17. The number of hydrogen-bond acceptors (Lipinski definition) is 4. The Morgan fingerprint density at radius 3 is 2.44 bits per heavy atom. The Bertz CT molecular complexity index is 321. The van der Waals surface area contributed by atoms with E-state index < -0.39 is 0 Å². The fourth-order valence-corrected chi connectivity index (χ4v) is 1.73. The molecule has 0 saturated carbocycles. The molecule has 1 fully saturated rings. The van der Waals surface area contributed by atoms with Crippen LogP contribution in [0.15, 0.2) is 24.4 Å². The number of carbonyl (C=O) groups is 1. The maximum absolute atomic E-state index is 9.17. The zero-order valence-corrected chi connectivity index (χ0v) is 11.4. The molecule has 2 rings (SSSR count). The van der Waals surface area contributed by atoms with E-state index in [-0.39, 0.29) is 0 Å².